The van der Waals surface area contributed by atoms with Gasteiger partial charge < -0.3 is 14.5 Å². The van der Waals surface area contributed by atoms with E-state index in [2.05, 4.69) is 9.97 Å². The van der Waals surface area contributed by atoms with Gasteiger partial charge in [-0.3, -0.25) is 4.90 Å². The van der Waals surface area contributed by atoms with Crippen molar-refractivity contribution in [3.05, 3.63) is 23.7 Å². The normalized spacial score (nSPS) is 20.8. The quantitative estimate of drug-likeness (QED) is 0.364. The van der Waals surface area contributed by atoms with Crippen molar-refractivity contribution in [2.24, 2.45) is 5.92 Å². The predicted molar refractivity (Wildman–Crippen MR) is 167 cm³/mol. The van der Waals surface area contributed by atoms with Crippen molar-refractivity contribution >= 4 is 94.1 Å². The molecule has 0 unspecified atom stereocenters. The Kier molecular flexibility index (Phi) is 10.0. The lowest BCUT2D eigenvalue weighted by atomic mass is 9.48. The fraction of sp³-hybridized carbons (Fsp3) is 0.577. The molecule has 2 aliphatic rings. The highest BCUT2D eigenvalue weighted by atomic mass is 19.4. The molecule has 0 saturated carbocycles. The van der Waals surface area contributed by atoms with Crippen molar-refractivity contribution in [3.63, 3.8) is 0 Å². The van der Waals surface area contributed by atoms with E-state index in [-0.39, 0.29) is 57.5 Å². The van der Waals surface area contributed by atoms with Gasteiger partial charge in [0.15, 0.2) is 5.69 Å². The van der Waals surface area contributed by atoms with Crippen LogP contribution < -0.4 is 32.2 Å². The predicted octanol–water partition coefficient (Wildman–Crippen LogP) is -2.25. The fourth-order valence-electron chi connectivity index (χ4n) is 5.92. The van der Waals surface area contributed by atoms with E-state index in [9.17, 15) is 18.0 Å². The minimum Gasteiger partial charge on any atom is -0.449 e. The number of carbonyl (C=O) groups excluding carboxylic acids is 1. The van der Waals surface area contributed by atoms with Crippen LogP contribution in [0.15, 0.2) is 12.4 Å². The van der Waals surface area contributed by atoms with E-state index in [0.717, 1.165) is 19.0 Å². The maximum atomic E-state index is 13.0. The molecule has 17 heteroatoms. The van der Waals surface area contributed by atoms with Crippen LogP contribution in [0.1, 0.15) is 44.4 Å². The number of ether oxygens (including phenoxy) is 1. The molecule has 0 bridgehead atoms. The molecular formula is C26H27B7F3N5O2. The number of anilines is 1. The van der Waals surface area contributed by atoms with Crippen LogP contribution in [0.5, 0.6) is 0 Å². The van der Waals surface area contributed by atoms with Crippen LogP contribution in [0.25, 0.3) is 0 Å². The number of rotatable bonds is 6. The lowest BCUT2D eigenvalue weighted by Gasteiger charge is -2.47. The summed E-state index contributed by atoms with van der Waals surface area (Å²) in [6.45, 7) is 5.76. The number of hydrogen-bond donors (Lipinski definition) is 0. The Bertz CT molecular complexity index is 1290. The topological polar surface area (TPSA) is 61.8 Å². The molecule has 0 spiro atoms. The van der Waals surface area contributed by atoms with E-state index in [1.54, 1.807) is 4.90 Å². The number of hydrogen-bond acceptors (Lipinski definition) is 6. The summed E-state index contributed by atoms with van der Waals surface area (Å²) >= 11 is 0. The summed E-state index contributed by atoms with van der Waals surface area (Å²) in [6, 6.07) is -0.524. The van der Waals surface area contributed by atoms with E-state index in [1.165, 1.54) is 0 Å². The zero-order chi connectivity index (χ0) is 31.9. The highest BCUT2D eigenvalue weighted by Crippen LogP contribution is 2.29. The van der Waals surface area contributed by atoms with Crippen molar-refractivity contribution < 1.29 is 22.7 Å². The summed E-state index contributed by atoms with van der Waals surface area (Å²) in [7, 11) is 43.3. The number of piperidine rings is 1. The Balaban J connectivity index is 1.27. The fourth-order valence-corrected chi connectivity index (χ4v) is 5.92. The third-order valence-electron chi connectivity index (χ3n) is 8.37. The number of likely N-dealkylation sites (tertiary alicyclic amines) is 1. The average molecular weight is 574 g/mol. The molecule has 14 radical (unpaired) electrons. The molecule has 7 nitrogen and oxygen atoms in total. The molecule has 4 rings (SSSR count). The molecule has 2 fully saturated rings. The Morgan fingerprint density at radius 2 is 1.44 bits per heavy atom. The summed E-state index contributed by atoms with van der Waals surface area (Å²) in [5.74, 6) is 0.583. The first kappa shape index (κ1) is 33.5. The summed E-state index contributed by atoms with van der Waals surface area (Å²) < 4.78 is 44.1. The van der Waals surface area contributed by atoms with Gasteiger partial charge in [-0.2, -0.15) is 13.2 Å². The number of amides is 1. The van der Waals surface area contributed by atoms with Crippen molar-refractivity contribution in [2.45, 2.75) is 56.7 Å². The largest absolute Gasteiger partial charge is 0.449 e. The van der Waals surface area contributed by atoms with Gasteiger partial charge in [0.25, 0.3) is 0 Å². The molecule has 1 aromatic heterocycles. The van der Waals surface area contributed by atoms with Crippen LogP contribution in [-0.2, 0) is 16.3 Å². The molecule has 1 amide bonds. The molecule has 0 N–H and O–H groups in total. The Morgan fingerprint density at radius 1 is 0.907 bits per heavy atom. The van der Waals surface area contributed by atoms with Crippen LogP contribution in [0.4, 0.5) is 23.8 Å². The second-order valence-electron chi connectivity index (χ2n) is 11.4. The number of benzene rings is 1. The molecule has 210 valence electrons. The minimum atomic E-state index is -4.56. The molecule has 0 aliphatic carbocycles. The molecule has 2 aliphatic heterocycles. The van der Waals surface area contributed by atoms with Crippen molar-refractivity contribution in [1.82, 2.24) is 19.8 Å². The summed E-state index contributed by atoms with van der Waals surface area (Å²) in [5, 5.41) is -1.53. The number of alkyl halides is 3. The van der Waals surface area contributed by atoms with Gasteiger partial charge in [0, 0.05) is 13.1 Å². The molecule has 2 aromatic rings. The number of aromatic nitrogens is 2. The zero-order valence-corrected chi connectivity index (χ0v) is 24.3. The molecule has 2 saturated heterocycles. The zero-order valence-electron chi connectivity index (χ0n) is 24.3. The highest BCUT2D eigenvalue weighted by Gasteiger charge is 2.37. The minimum absolute atomic E-state index is 0.0805. The Hall–Kier alpha value is -2.43. The summed E-state index contributed by atoms with van der Waals surface area (Å²) in [5.41, 5.74) is -0.379. The average Bonchev–Trinajstić information content (AvgIpc) is 2.94. The van der Waals surface area contributed by atoms with E-state index < -0.39 is 23.3 Å². The van der Waals surface area contributed by atoms with Gasteiger partial charge >= 0.3 is 12.3 Å². The van der Waals surface area contributed by atoms with Crippen LogP contribution in [0.3, 0.4) is 0 Å². The number of piperazine rings is 1. The highest BCUT2D eigenvalue weighted by molar-refractivity contribution is 6.68. The van der Waals surface area contributed by atoms with Crippen LogP contribution in [0.2, 0.25) is 0 Å². The van der Waals surface area contributed by atoms with Gasteiger partial charge in [0.1, 0.15) is 45.0 Å². The number of carbonyl (C=O) groups is 1. The van der Waals surface area contributed by atoms with Crippen LogP contribution in [0, 0.1) is 5.92 Å². The van der Waals surface area contributed by atoms with Gasteiger partial charge in [-0.1, -0.05) is 5.56 Å². The van der Waals surface area contributed by atoms with E-state index in [0.29, 0.717) is 44.6 Å². The van der Waals surface area contributed by atoms with Crippen molar-refractivity contribution in [1.29, 1.82) is 0 Å². The second kappa shape index (κ2) is 12.9. The van der Waals surface area contributed by atoms with Crippen LogP contribution >= 0.6 is 0 Å². The third-order valence-corrected chi connectivity index (χ3v) is 8.37. The lowest BCUT2D eigenvalue weighted by Crippen LogP contribution is -2.63. The Morgan fingerprint density at radius 3 is 1.93 bits per heavy atom. The van der Waals surface area contributed by atoms with Crippen molar-refractivity contribution in [3.8, 4) is 0 Å². The van der Waals surface area contributed by atoms with Gasteiger partial charge in [0.05, 0.1) is 46.8 Å². The summed E-state index contributed by atoms with van der Waals surface area (Å²) in [6.07, 6.45) is -1.05. The maximum Gasteiger partial charge on any atom is 0.434 e. The van der Waals surface area contributed by atoms with Crippen molar-refractivity contribution in [2.75, 3.05) is 37.7 Å². The second-order valence-corrected chi connectivity index (χ2v) is 11.4. The molecule has 1 aromatic carbocycles. The van der Waals surface area contributed by atoms with E-state index in [1.807, 2.05) is 23.6 Å². The van der Waals surface area contributed by atoms with Gasteiger partial charge in [-0.15, -0.1) is 27.3 Å². The first-order valence-electron chi connectivity index (χ1n) is 14.0. The standard InChI is InChI=1S/C26H27B7F3N5O2/c1-13-11-39(17-10-37-16(9-38-17)26(34,35)36)12-14(2)41(13)24(42)43-8-5-15-3-6-40(7-4-15)25(32,33)18-19(27)21(29)23(31)22(30)20(18)28/h9-10,13-15H,3-8,11-12H2,1-2H3/t13-,14+. The molecule has 3 heterocycles. The Labute approximate surface area is 260 Å². The molecule has 2 atom stereocenters. The third kappa shape index (κ3) is 6.96. The van der Waals surface area contributed by atoms with E-state index in [4.69, 9.17) is 59.7 Å². The first-order chi connectivity index (χ1) is 20.0. The maximum absolute atomic E-state index is 13.0. The lowest BCUT2D eigenvalue weighted by molar-refractivity contribution is -0.141. The van der Waals surface area contributed by atoms with Gasteiger partial charge in [-0.05, 0) is 57.5 Å². The van der Waals surface area contributed by atoms with Gasteiger partial charge in [0.2, 0.25) is 0 Å². The number of nitrogens with zero attached hydrogens (tertiary/aromatic N) is 5. The number of halogens is 3. The molecular weight excluding hydrogens is 547 g/mol. The first-order valence-corrected chi connectivity index (χ1v) is 14.0. The molecule has 43 heavy (non-hydrogen) atoms. The van der Waals surface area contributed by atoms with Crippen LogP contribution in [-0.4, -0.2) is 126 Å². The van der Waals surface area contributed by atoms with Gasteiger partial charge in [-0.25, -0.2) is 14.8 Å². The monoisotopic (exact) mass is 575 g/mol. The smallest absolute Gasteiger partial charge is 0.434 e. The SMILES string of the molecule is [B]c1c([B])c([B])c(C([B])([B])N2CCC(CCOC(=O)N3[C@H](C)CN(c4cnc(C(F)(F)F)cn4)C[C@@H]3C)CC2)c([B])c1[B]. The summed E-state index contributed by atoms with van der Waals surface area (Å²) in [4.78, 5) is 25.7. The van der Waals surface area contributed by atoms with E-state index >= 15 is 0 Å².